The Morgan fingerprint density at radius 3 is 1.37 bits per heavy atom. The van der Waals surface area contributed by atoms with Crippen LogP contribution < -0.4 is 75.3 Å². The fraction of sp³-hybridized carbons (Fsp3) is 0.480. The molecule has 40 heteroatoms. The van der Waals surface area contributed by atoms with E-state index >= 15 is 0 Å². The van der Waals surface area contributed by atoms with E-state index in [1.807, 2.05) is 0 Å². The number of rotatable bonds is 45. The van der Waals surface area contributed by atoms with Crippen LogP contribution in [0.2, 0.25) is 0 Å². The number of benzene rings is 3. The molecule has 3 heterocycles. The molecule has 3 aromatic carbocycles. The van der Waals surface area contributed by atoms with E-state index in [1.54, 1.807) is 74.5 Å². The largest absolute Gasteiger partial charge is 0.508 e. The maximum atomic E-state index is 14.9. The van der Waals surface area contributed by atoms with Gasteiger partial charge in [-0.3, -0.25) is 86.3 Å². The number of aromatic nitrogens is 2. The molecule has 2 saturated heterocycles. The molecule has 0 saturated carbocycles. The molecule has 2 fully saturated rings. The Bertz CT molecular complexity index is 4110. The molecular formula is C75H100N18O22. The zero-order chi connectivity index (χ0) is 84.6. The van der Waals surface area contributed by atoms with E-state index in [0.717, 1.165) is 4.90 Å². The Labute approximate surface area is 660 Å². The van der Waals surface area contributed by atoms with Crippen LogP contribution in [0.3, 0.4) is 0 Å². The van der Waals surface area contributed by atoms with E-state index in [2.05, 4.69) is 73.8 Å². The van der Waals surface area contributed by atoms with Gasteiger partial charge in [0.2, 0.25) is 88.6 Å². The number of primary amides is 1. The number of carbonyl (C=O) groups excluding carboxylic acids is 15. The highest BCUT2D eigenvalue weighted by Gasteiger charge is 2.43. The van der Waals surface area contributed by atoms with Crippen LogP contribution >= 0.6 is 0 Å². The molecule has 21 N–H and O–H groups in total. The molecule has 1 aromatic heterocycles. The number of phenols is 1. The van der Waals surface area contributed by atoms with Gasteiger partial charge in [0.1, 0.15) is 72.2 Å². The molecule has 2 aliphatic heterocycles. The third kappa shape index (κ3) is 30.3. The summed E-state index contributed by atoms with van der Waals surface area (Å²) >= 11 is 0. The average Bonchev–Trinajstić information content (AvgIpc) is 1.73. The summed E-state index contributed by atoms with van der Waals surface area (Å²) in [5, 5.41) is 68.5. The van der Waals surface area contributed by atoms with Crippen LogP contribution in [0.4, 0.5) is 0 Å². The van der Waals surface area contributed by atoms with Gasteiger partial charge in [0, 0.05) is 63.5 Å². The van der Waals surface area contributed by atoms with Gasteiger partial charge in [0.25, 0.3) is 0 Å². The van der Waals surface area contributed by atoms with Gasteiger partial charge in [0.05, 0.1) is 38.4 Å². The number of aromatic hydroxyl groups is 1. The molecule has 0 spiro atoms. The quantitative estimate of drug-likeness (QED) is 0.0197. The van der Waals surface area contributed by atoms with Crippen molar-refractivity contribution in [3.63, 3.8) is 0 Å². The molecule has 0 bridgehead atoms. The number of carbonyl (C=O) groups is 18. The second-order valence-electron chi connectivity index (χ2n) is 28.3. The first-order chi connectivity index (χ1) is 54.5. The van der Waals surface area contributed by atoms with Crippen LogP contribution in [-0.4, -0.2) is 252 Å². The van der Waals surface area contributed by atoms with Gasteiger partial charge in [-0.15, -0.1) is 0 Å². The van der Waals surface area contributed by atoms with Crippen molar-refractivity contribution in [2.24, 2.45) is 17.4 Å². The van der Waals surface area contributed by atoms with Gasteiger partial charge < -0.3 is 110 Å². The number of carboxylic acids is 3. The number of likely N-dealkylation sites (tertiary alicyclic amines) is 2. The van der Waals surface area contributed by atoms with E-state index in [4.69, 9.17) is 11.5 Å². The minimum Gasteiger partial charge on any atom is -0.508 e. The first kappa shape index (κ1) is 91.0. The molecule has 4 aromatic rings. The number of aliphatic carboxylic acids is 3. The lowest BCUT2D eigenvalue weighted by Gasteiger charge is -2.31. The Morgan fingerprint density at radius 2 is 0.896 bits per heavy atom. The second-order valence-corrected chi connectivity index (χ2v) is 28.3. The van der Waals surface area contributed by atoms with Gasteiger partial charge in [-0.25, -0.2) is 4.98 Å². The Kier molecular flexibility index (Phi) is 35.6. The molecule has 6 rings (SSSR count). The molecule has 0 radical (unpaired) electrons. The van der Waals surface area contributed by atoms with Crippen LogP contribution in [-0.2, 0) is 112 Å². The van der Waals surface area contributed by atoms with E-state index in [0.29, 0.717) is 28.8 Å². The second kappa shape index (κ2) is 45.0. The number of nitrogens with one attached hydrogen (secondary N) is 13. The van der Waals surface area contributed by atoms with Gasteiger partial charge in [-0.05, 0) is 93.5 Å². The highest BCUT2D eigenvalue weighted by atomic mass is 16.4. The number of amides is 15. The van der Waals surface area contributed by atoms with E-state index in [-0.39, 0.29) is 82.5 Å². The Hall–Kier alpha value is -12.9. The van der Waals surface area contributed by atoms with Crippen LogP contribution in [0.5, 0.6) is 5.75 Å². The average molecular weight is 1610 g/mol. The third-order valence-corrected chi connectivity index (χ3v) is 18.5. The maximum absolute atomic E-state index is 14.9. The normalized spacial score (nSPS) is 16.3. The fourth-order valence-electron chi connectivity index (χ4n) is 12.6. The zero-order valence-electron chi connectivity index (χ0n) is 63.8. The molecule has 15 amide bonds. The van der Waals surface area contributed by atoms with E-state index < -0.39 is 224 Å². The summed E-state index contributed by atoms with van der Waals surface area (Å²) in [5.74, 6) is -18.5. The zero-order valence-corrected chi connectivity index (χ0v) is 63.8. The number of nitrogens with zero attached hydrogens (tertiary/aromatic N) is 3. The van der Waals surface area contributed by atoms with E-state index in [9.17, 15) is 107 Å². The molecule has 0 unspecified atom stereocenters. The number of hydrogen-bond donors (Lipinski definition) is 19. The first-order valence-corrected chi connectivity index (χ1v) is 37.2. The lowest BCUT2D eigenvalue weighted by atomic mass is 9.99. The van der Waals surface area contributed by atoms with Crippen molar-refractivity contribution in [1.29, 1.82) is 0 Å². The molecule has 0 aliphatic carbocycles. The van der Waals surface area contributed by atoms with Crippen molar-refractivity contribution in [1.82, 2.24) is 83.6 Å². The Morgan fingerprint density at radius 1 is 0.470 bits per heavy atom. The molecule has 115 heavy (non-hydrogen) atoms. The third-order valence-electron chi connectivity index (χ3n) is 18.5. The number of imidazole rings is 1. The number of H-pyrrole nitrogens is 1. The summed E-state index contributed by atoms with van der Waals surface area (Å²) in [5.41, 5.74) is 12.7. The van der Waals surface area contributed by atoms with Crippen molar-refractivity contribution in [3.8, 4) is 5.75 Å². The summed E-state index contributed by atoms with van der Waals surface area (Å²) in [6.07, 6.45) is -0.812. The fourth-order valence-corrected chi connectivity index (χ4v) is 12.6. The maximum Gasteiger partial charge on any atom is 0.325 e. The lowest BCUT2D eigenvalue weighted by molar-refractivity contribution is -0.146. The SMILES string of the molecule is CC(C)C[C@H](NC(=O)[C@H](Cc1ccccc1)NC(=O)[C@H](Cc1ccc(O)cc1)NC(=O)CNC(=O)[C@H](Cc1cnc[nH]1)NC(=O)[C@@H]1CCCN1C(=O)[C@H](CC(=O)O)NC(=O)[C@H](CCC(=O)O)NC(=O)CNC(=O)[C@H](C)N)C(=O)N1CCC[C@H]1C(=O)NCC(=O)N[C@@H](CCC(N)=O)C(=O)N[C@@H](Cc1ccccc1)C(=O)N[C@@H](C)C(=O)O. The number of phenolic OH excluding ortho intramolecular Hbond substituents is 1. The molecular weight excluding hydrogens is 1500 g/mol. The molecule has 12 atom stereocenters. The number of carboxylic acid groups (broad SMARTS) is 3. The van der Waals surface area contributed by atoms with Crippen LogP contribution in [0.1, 0.15) is 114 Å². The van der Waals surface area contributed by atoms with Crippen LogP contribution in [0.25, 0.3) is 0 Å². The summed E-state index contributed by atoms with van der Waals surface area (Å²) < 4.78 is 0. The monoisotopic (exact) mass is 1600 g/mol. The van der Waals surface area contributed by atoms with Crippen LogP contribution in [0, 0.1) is 5.92 Å². The van der Waals surface area contributed by atoms with Crippen LogP contribution in [0.15, 0.2) is 97.5 Å². The highest BCUT2D eigenvalue weighted by molar-refractivity contribution is 6.01. The number of hydrogen-bond acceptors (Lipinski definition) is 21. The standard InChI is InChI=1S/C75H100N18O22/c1-40(2)29-54(73(112)92-27-11-17-56(92)71(110)81-38-60(97)84-48(23-25-58(77)95)66(105)87-51(30-43-13-7-5-8-14-43)68(107)83-42(4)75(114)115)90-70(109)52(31-44-15-9-6-10-16-44)88-69(108)50(32-45-19-21-47(94)22-20-45)86-61(98)37-80-65(104)53(33-46-35-78-39-82-46)89-72(111)57-18-12-28-93(57)74(113)55(34-63(101)102)91-67(106)49(24-26-62(99)100)85-59(96)36-79-64(103)41(3)76/h5-10,13-16,19-22,35,39-42,48-57,94H,11-12,17-18,23-34,36-38,76H2,1-4H3,(H2,77,95)(H,78,82)(H,79,103)(H,80,104)(H,81,110)(H,83,107)(H,84,97)(H,85,96)(H,86,98)(H,87,105)(H,88,108)(H,89,111)(H,90,109)(H,91,106)(H,99,100)(H,101,102)(H,114,115)/t41-,42-,48-,49-,50-,51-,52-,53-,54-,55-,56-,57-/m0/s1. The summed E-state index contributed by atoms with van der Waals surface area (Å²) in [4.78, 5) is 251. The van der Waals surface area contributed by atoms with Crippen molar-refractivity contribution in [2.75, 3.05) is 32.7 Å². The number of aromatic amines is 1. The summed E-state index contributed by atoms with van der Waals surface area (Å²) in [6.45, 7) is 3.64. The topological polar surface area (TPSA) is 620 Å². The van der Waals surface area contributed by atoms with Gasteiger partial charge in [-0.2, -0.15) is 0 Å². The van der Waals surface area contributed by atoms with Gasteiger partial charge in [-0.1, -0.05) is 86.6 Å². The smallest absolute Gasteiger partial charge is 0.325 e. The predicted molar refractivity (Wildman–Crippen MR) is 404 cm³/mol. The van der Waals surface area contributed by atoms with Gasteiger partial charge in [0.15, 0.2) is 0 Å². The van der Waals surface area contributed by atoms with Crippen molar-refractivity contribution < 1.29 is 107 Å². The molecule has 622 valence electrons. The predicted octanol–water partition coefficient (Wildman–Crippen LogP) is -4.82. The summed E-state index contributed by atoms with van der Waals surface area (Å²) in [7, 11) is 0. The number of nitrogens with two attached hydrogens (primary N) is 2. The molecule has 2 aliphatic rings. The molecule has 40 nitrogen and oxygen atoms in total. The van der Waals surface area contributed by atoms with Gasteiger partial charge >= 0.3 is 17.9 Å². The minimum atomic E-state index is -1.90. The minimum absolute atomic E-state index is 0.00396. The highest BCUT2D eigenvalue weighted by Crippen LogP contribution is 2.23. The van der Waals surface area contributed by atoms with Crippen molar-refractivity contribution >= 4 is 107 Å². The first-order valence-electron chi connectivity index (χ1n) is 37.2. The van der Waals surface area contributed by atoms with E-state index in [1.165, 1.54) is 55.5 Å². The van der Waals surface area contributed by atoms with Crippen molar-refractivity contribution in [3.05, 3.63) is 120 Å². The Balaban J connectivity index is 1.15. The van der Waals surface area contributed by atoms with Crippen molar-refractivity contribution in [2.45, 2.75) is 190 Å². The summed E-state index contributed by atoms with van der Waals surface area (Å²) in [6, 6.07) is 4.99. The lowest BCUT2D eigenvalue weighted by Crippen LogP contribution is -2.60.